The molecule has 2 nitrogen and oxygen atoms in total. The van der Waals surface area contributed by atoms with Crippen LogP contribution in [0.1, 0.15) is 17.4 Å². The lowest BCUT2D eigenvalue weighted by Gasteiger charge is -2.08. The van der Waals surface area contributed by atoms with E-state index in [0.717, 1.165) is 21.8 Å². The maximum absolute atomic E-state index is 12.9. The number of thiazole rings is 1. The quantitative estimate of drug-likeness (QED) is 0.782. The number of halogens is 1. The molecule has 0 aliphatic heterocycles. The monoisotopic (exact) mass is 299 g/mol. The van der Waals surface area contributed by atoms with Gasteiger partial charge in [0.15, 0.2) is 0 Å². The molecule has 0 aliphatic carbocycles. The van der Waals surface area contributed by atoms with Crippen LogP contribution in [-0.2, 0) is 6.42 Å². The summed E-state index contributed by atoms with van der Waals surface area (Å²) in [5.74, 6) is -0.255. The summed E-state index contributed by atoms with van der Waals surface area (Å²) in [4.78, 5) is 4.51. The summed E-state index contributed by atoms with van der Waals surface area (Å²) in [7, 11) is 0. The number of hydrogen-bond donors (Lipinski definition) is 1. The highest BCUT2D eigenvalue weighted by Gasteiger charge is 2.11. The summed E-state index contributed by atoms with van der Waals surface area (Å²) in [6, 6.07) is 15.8. The number of nitrogens with zero attached hydrogens (tertiary/aromatic N) is 1. The largest absolute Gasteiger partial charge is 0.388 e. The number of rotatable bonds is 4. The topological polar surface area (TPSA) is 33.1 Å². The van der Waals surface area contributed by atoms with Crippen molar-refractivity contribution in [2.24, 2.45) is 0 Å². The van der Waals surface area contributed by atoms with Crippen molar-refractivity contribution >= 4 is 11.3 Å². The molecular weight excluding hydrogens is 285 g/mol. The van der Waals surface area contributed by atoms with Crippen molar-refractivity contribution in [3.63, 3.8) is 0 Å². The lowest BCUT2D eigenvalue weighted by Crippen LogP contribution is -2.01. The van der Waals surface area contributed by atoms with Crippen LogP contribution < -0.4 is 0 Å². The minimum absolute atomic E-state index is 0.255. The van der Waals surface area contributed by atoms with Crippen molar-refractivity contribution in [1.29, 1.82) is 0 Å². The molecule has 2 aromatic carbocycles. The highest BCUT2D eigenvalue weighted by Crippen LogP contribution is 2.26. The summed E-state index contributed by atoms with van der Waals surface area (Å²) in [6.45, 7) is 0. The molecule has 1 atom stereocenters. The summed E-state index contributed by atoms with van der Waals surface area (Å²) in [6.07, 6.45) is -0.0869. The van der Waals surface area contributed by atoms with Gasteiger partial charge in [-0.15, -0.1) is 11.3 Å². The highest BCUT2D eigenvalue weighted by atomic mass is 32.1. The van der Waals surface area contributed by atoms with Crippen molar-refractivity contribution < 1.29 is 9.50 Å². The van der Waals surface area contributed by atoms with Gasteiger partial charge in [-0.1, -0.05) is 30.3 Å². The molecular formula is C17H14FNOS. The first-order chi connectivity index (χ1) is 10.2. The van der Waals surface area contributed by atoms with E-state index in [1.54, 1.807) is 12.1 Å². The molecule has 0 amide bonds. The fourth-order valence-corrected chi connectivity index (χ4v) is 2.96. The molecule has 4 heteroatoms. The van der Waals surface area contributed by atoms with E-state index in [2.05, 4.69) is 4.98 Å². The molecule has 0 fully saturated rings. The summed E-state index contributed by atoms with van der Waals surface area (Å²) < 4.78 is 12.9. The van der Waals surface area contributed by atoms with E-state index in [9.17, 15) is 9.50 Å². The Morgan fingerprint density at radius 1 is 1.05 bits per heavy atom. The first kappa shape index (κ1) is 13.9. The summed E-state index contributed by atoms with van der Waals surface area (Å²) in [5.41, 5.74) is 2.62. The standard InChI is InChI=1S/C17H14FNOS/c18-14-8-6-13(7-9-14)17-19-15(11-21-17)10-16(20)12-4-2-1-3-5-12/h1-9,11,16,20H,10H2. The molecule has 1 N–H and O–H groups in total. The molecule has 1 aromatic heterocycles. The van der Waals surface area contributed by atoms with Crippen LogP contribution in [0.2, 0.25) is 0 Å². The second kappa shape index (κ2) is 6.16. The molecule has 0 saturated heterocycles. The second-order valence-electron chi connectivity index (χ2n) is 4.78. The van der Waals surface area contributed by atoms with Gasteiger partial charge in [-0.05, 0) is 29.8 Å². The van der Waals surface area contributed by atoms with Gasteiger partial charge >= 0.3 is 0 Å². The van der Waals surface area contributed by atoms with Crippen LogP contribution in [0.3, 0.4) is 0 Å². The minimum atomic E-state index is -0.561. The normalized spacial score (nSPS) is 12.3. The van der Waals surface area contributed by atoms with Crippen LogP contribution in [0, 0.1) is 5.82 Å². The fraction of sp³-hybridized carbons (Fsp3) is 0.118. The Hall–Kier alpha value is -2.04. The third-order valence-electron chi connectivity index (χ3n) is 3.23. The zero-order valence-electron chi connectivity index (χ0n) is 11.2. The number of aliphatic hydroxyl groups excluding tert-OH is 1. The molecule has 0 bridgehead atoms. The van der Waals surface area contributed by atoms with Crippen molar-refractivity contribution in [1.82, 2.24) is 4.98 Å². The van der Waals surface area contributed by atoms with Crippen LogP contribution >= 0.6 is 11.3 Å². The molecule has 0 radical (unpaired) electrons. The van der Waals surface area contributed by atoms with Gasteiger partial charge in [0.1, 0.15) is 10.8 Å². The van der Waals surface area contributed by atoms with Gasteiger partial charge in [0, 0.05) is 17.4 Å². The summed E-state index contributed by atoms with van der Waals surface area (Å²) >= 11 is 1.50. The Balaban J connectivity index is 1.75. The second-order valence-corrected chi connectivity index (χ2v) is 5.64. The van der Waals surface area contributed by atoms with Gasteiger partial charge in [0.25, 0.3) is 0 Å². The smallest absolute Gasteiger partial charge is 0.123 e. The summed E-state index contributed by atoms with van der Waals surface area (Å²) in [5, 5.41) is 13.0. The Bertz CT molecular complexity index is 709. The maximum Gasteiger partial charge on any atom is 0.123 e. The van der Waals surface area contributed by atoms with Crippen LogP contribution in [-0.4, -0.2) is 10.1 Å². The molecule has 106 valence electrons. The molecule has 1 heterocycles. The maximum atomic E-state index is 12.9. The lowest BCUT2D eigenvalue weighted by atomic mass is 10.1. The van der Waals surface area contributed by atoms with Crippen LogP contribution in [0.25, 0.3) is 10.6 Å². The van der Waals surface area contributed by atoms with E-state index >= 15 is 0 Å². The van der Waals surface area contributed by atoms with Crippen LogP contribution in [0.15, 0.2) is 60.0 Å². The van der Waals surface area contributed by atoms with Crippen LogP contribution in [0.5, 0.6) is 0 Å². The third-order valence-corrected chi connectivity index (χ3v) is 4.17. The van der Waals surface area contributed by atoms with Gasteiger partial charge in [-0.25, -0.2) is 9.37 Å². The minimum Gasteiger partial charge on any atom is -0.388 e. The first-order valence-electron chi connectivity index (χ1n) is 6.66. The Kier molecular flexibility index (Phi) is 4.08. The van der Waals surface area contributed by atoms with Crippen molar-refractivity contribution in [3.8, 4) is 10.6 Å². The molecule has 3 aromatic rings. The van der Waals surface area contributed by atoms with Gasteiger partial charge in [0.05, 0.1) is 11.8 Å². The van der Waals surface area contributed by atoms with Crippen molar-refractivity contribution in [2.75, 3.05) is 0 Å². The number of benzene rings is 2. The van der Waals surface area contributed by atoms with E-state index in [0.29, 0.717) is 6.42 Å². The Morgan fingerprint density at radius 2 is 1.76 bits per heavy atom. The van der Waals surface area contributed by atoms with Gasteiger partial charge in [-0.3, -0.25) is 0 Å². The SMILES string of the molecule is OC(Cc1csc(-c2ccc(F)cc2)n1)c1ccccc1. The zero-order valence-corrected chi connectivity index (χ0v) is 12.1. The van der Waals surface area contributed by atoms with E-state index in [1.165, 1.54) is 23.5 Å². The highest BCUT2D eigenvalue weighted by molar-refractivity contribution is 7.13. The third kappa shape index (κ3) is 3.35. The van der Waals surface area contributed by atoms with Crippen molar-refractivity contribution in [2.45, 2.75) is 12.5 Å². The van der Waals surface area contributed by atoms with Gasteiger partial charge in [-0.2, -0.15) is 0 Å². The molecule has 3 rings (SSSR count). The molecule has 21 heavy (non-hydrogen) atoms. The predicted octanol–water partition coefficient (Wildman–Crippen LogP) is 4.23. The number of aromatic nitrogens is 1. The van der Waals surface area contributed by atoms with Gasteiger partial charge < -0.3 is 5.11 Å². The average Bonchev–Trinajstić information content (AvgIpc) is 2.97. The lowest BCUT2D eigenvalue weighted by molar-refractivity contribution is 0.177. The van der Waals surface area contributed by atoms with Gasteiger partial charge in [0.2, 0.25) is 0 Å². The number of aliphatic hydroxyl groups is 1. The van der Waals surface area contributed by atoms with E-state index in [-0.39, 0.29) is 5.82 Å². The number of hydrogen-bond acceptors (Lipinski definition) is 3. The predicted molar refractivity (Wildman–Crippen MR) is 82.6 cm³/mol. The molecule has 0 aliphatic rings. The average molecular weight is 299 g/mol. The van der Waals surface area contributed by atoms with E-state index in [1.807, 2.05) is 35.7 Å². The van der Waals surface area contributed by atoms with Crippen molar-refractivity contribution in [3.05, 3.63) is 77.1 Å². The molecule has 1 unspecified atom stereocenters. The van der Waals surface area contributed by atoms with E-state index < -0.39 is 6.10 Å². The first-order valence-corrected chi connectivity index (χ1v) is 7.54. The van der Waals surface area contributed by atoms with Crippen LogP contribution in [0.4, 0.5) is 4.39 Å². The molecule has 0 spiro atoms. The Labute approximate surface area is 126 Å². The Morgan fingerprint density at radius 3 is 2.48 bits per heavy atom. The van der Waals surface area contributed by atoms with E-state index in [4.69, 9.17) is 0 Å². The fourth-order valence-electron chi connectivity index (χ4n) is 2.12. The molecule has 0 saturated carbocycles. The zero-order chi connectivity index (χ0) is 14.7.